The van der Waals surface area contributed by atoms with Gasteiger partial charge in [-0.3, -0.25) is 4.90 Å². The molecule has 0 aromatic carbocycles. The zero-order chi connectivity index (χ0) is 15.8. The molecule has 1 aliphatic heterocycles. The van der Waals surface area contributed by atoms with E-state index in [1.807, 2.05) is 0 Å². The van der Waals surface area contributed by atoms with Crippen LogP contribution in [0.2, 0.25) is 0 Å². The van der Waals surface area contributed by atoms with E-state index in [1.165, 1.54) is 11.3 Å². The summed E-state index contributed by atoms with van der Waals surface area (Å²) in [6.07, 6.45) is 0. The third-order valence-corrected chi connectivity index (χ3v) is 8.24. The van der Waals surface area contributed by atoms with Gasteiger partial charge in [-0.25, -0.2) is 8.42 Å². The molecular weight excluding hydrogens is 396 g/mol. The summed E-state index contributed by atoms with van der Waals surface area (Å²) in [5.74, 6) is 0.330. The molecule has 21 heavy (non-hydrogen) atoms. The van der Waals surface area contributed by atoms with Crippen molar-refractivity contribution in [2.75, 3.05) is 26.2 Å². The van der Waals surface area contributed by atoms with Crippen LogP contribution in [-0.2, 0) is 15.9 Å². The lowest BCUT2D eigenvalue weighted by Gasteiger charge is -2.41. The maximum Gasteiger partial charge on any atom is 0.245 e. The first kappa shape index (κ1) is 17.7. The second-order valence-corrected chi connectivity index (χ2v) is 10.7. The lowest BCUT2D eigenvalue weighted by atomic mass is 10.1. The molecule has 1 saturated heterocycles. The van der Waals surface area contributed by atoms with Gasteiger partial charge in [0.15, 0.2) is 0 Å². The number of hydrogen-bond donors (Lipinski definition) is 0. The lowest BCUT2D eigenvalue weighted by Crippen LogP contribution is -2.54. The Morgan fingerprint density at radius 1 is 1.29 bits per heavy atom. The maximum atomic E-state index is 12.7. The van der Waals surface area contributed by atoms with Crippen LogP contribution >= 0.6 is 38.9 Å². The molecule has 0 atom stereocenters. The molecule has 2 heterocycles. The van der Waals surface area contributed by atoms with Crippen molar-refractivity contribution in [1.82, 2.24) is 9.21 Å². The van der Waals surface area contributed by atoms with E-state index in [4.69, 9.17) is 11.6 Å². The summed E-state index contributed by atoms with van der Waals surface area (Å²) in [5.41, 5.74) is 0.0740. The van der Waals surface area contributed by atoms with E-state index < -0.39 is 10.0 Å². The molecule has 1 aromatic rings. The van der Waals surface area contributed by atoms with E-state index in [9.17, 15) is 8.42 Å². The van der Waals surface area contributed by atoms with Crippen molar-refractivity contribution in [2.24, 2.45) is 0 Å². The largest absolute Gasteiger partial charge is 0.296 e. The Balaban J connectivity index is 2.17. The molecule has 0 radical (unpaired) electrons. The number of alkyl halides is 1. The average molecular weight is 416 g/mol. The van der Waals surface area contributed by atoms with Gasteiger partial charge in [-0.15, -0.1) is 22.9 Å². The summed E-state index contributed by atoms with van der Waals surface area (Å²) in [7, 11) is -3.44. The highest BCUT2D eigenvalue weighted by Crippen LogP contribution is 2.34. The molecule has 1 aliphatic rings. The number of rotatable bonds is 3. The van der Waals surface area contributed by atoms with Crippen molar-refractivity contribution in [2.45, 2.75) is 37.1 Å². The fraction of sp³-hybridized carbons (Fsp3) is 0.692. The molecule has 1 aromatic heterocycles. The first-order chi connectivity index (χ1) is 9.66. The number of nitrogens with zero attached hydrogens (tertiary/aromatic N) is 2. The monoisotopic (exact) mass is 414 g/mol. The smallest absolute Gasteiger partial charge is 0.245 e. The molecular formula is C13H20BrClN2O2S2. The van der Waals surface area contributed by atoms with Crippen LogP contribution in [0.1, 0.15) is 25.6 Å². The summed E-state index contributed by atoms with van der Waals surface area (Å²) in [6.45, 7) is 9.02. The van der Waals surface area contributed by atoms with E-state index in [0.29, 0.717) is 27.7 Å². The first-order valence-electron chi connectivity index (χ1n) is 6.75. The molecule has 0 saturated carbocycles. The number of hydrogen-bond acceptors (Lipinski definition) is 4. The zero-order valence-electron chi connectivity index (χ0n) is 12.4. The van der Waals surface area contributed by atoms with Crippen molar-refractivity contribution >= 4 is 48.9 Å². The zero-order valence-corrected chi connectivity index (χ0v) is 16.4. The number of thiophene rings is 1. The Morgan fingerprint density at radius 3 is 2.29 bits per heavy atom. The lowest BCUT2D eigenvalue weighted by molar-refractivity contribution is 0.0922. The summed E-state index contributed by atoms with van der Waals surface area (Å²) < 4.78 is 27.7. The third kappa shape index (κ3) is 3.82. The van der Waals surface area contributed by atoms with E-state index in [1.54, 1.807) is 10.4 Å². The van der Waals surface area contributed by atoms with Crippen molar-refractivity contribution < 1.29 is 8.42 Å². The number of piperazine rings is 1. The molecule has 120 valence electrons. The molecule has 0 bridgehead atoms. The summed E-state index contributed by atoms with van der Waals surface area (Å²) in [4.78, 5) is 3.51. The summed E-state index contributed by atoms with van der Waals surface area (Å²) in [6, 6.07) is 1.67. The molecule has 4 nitrogen and oxygen atoms in total. The fourth-order valence-electron chi connectivity index (χ4n) is 2.38. The minimum absolute atomic E-state index is 0.0740. The molecule has 2 rings (SSSR count). The van der Waals surface area contributed by atoms with Gasteiger partial charge in [-0.2, -0.15) is 4.31 Å². The Morgan fingerprint density at radius 2 is 1.86 bits per heavy atom. The summed E-state index contributed by atoms with van der Waals surface area (Å²) >= 11 is 10.5. The molecule has 0 N–H and O–H groups in total. The van der Waals surface area contributed by atoms with Crippen molar-refractivity contribution in [3.05, 3.63) is 14.7 Å². The highest BCUT2D eigenvalue weighted by molar-refractivity contribution is 9.11. The Kier molecular flexibility index (Phi) is 5.43. The molecule has 0 spiro atoms. The van der Waals surface area contributed by atoms with E-state index in [2.05, 4.69) is 41.6 Å². The van der Waals surface area contributed by atoms with Crippen molar-refractivity contribution in [1.29, 1.82) is 0 Å². The molecule has 8 heteroatoms. The second kappa shape index (κ2) is 6.45. The average Bonchev–Trinajstić information content (AvgIpc) is 2.80. The van der Waals surface area contributed by atoms with Crippen LogP contribution in [0.3, 0.4) is 0 Å². The SMILES string of the molecule is CC(C)(C)N1CCN(S(=O)(=O)c2cc(CCl)sc2Br)CC1. The van der Waals surface area contributed by atoms with Gasteiger partial charge in [0, 0.05) is 36.6 Å². The first-order valence-corrected chi connectivity index (χ1v) is 10.3. The maximum absolute atomic E-state index is 12.7. The van der Waals surface area contributed by atoms with Crippen molar-refractivity contribution in [3.63, 3.8) is 0 Å². The van der Waals surface area contributed by atoms with Crippen LogP contribution in [-0.4, -0.2) is 49.3 Å². The second-order valence-electron chi connectivity index (χ2n) is 6.05. The minimum Gasteiger partial charge on any atom is -0.296 e. The standard InChI is InChI=1S/C13H20BrClN2O2S2/c1-13(2,3)16-4-6-17(7-5-16)21(18,19)11-8-10(9-15)20-12(11)14/h8H,4-7,9H2,1-3H3. The van der Waals surface area contributed by atoms with E-state index >= 15 is 0 Å². The molecule has 0 amide bonds. The van der Waals surface area contributed by atoms with Gasteiger partial charge in [0.25, 0.3) is 0 Å². The van der Waals surface area contributed by atoms with Crippen LogP contribution < -0.4 is 0 Å². The number of halogens is 2. The van der Waals surface area contributed by atoms with Crippen LogP contribution in [0.4, 0.5) is 0 Å². The number of sulfonamides is 1. The molecule has 0 aliphatic carbocycles. The van der Waals surface area contributed by atoms with Gasteiger partial charge in [-0.05, 0) is 42.8 Å². The van der Waals surface area contributed by atoms with Crippen LogP contribution in [0.15, 0.2) is 14.7 Å². The van der Waals surface area contributed by atoms with E-state index in [-0.39, 0.29) is 5.54 Å². The molecule has 1 fully saturated rings. The highest BCUT2D eigenvalue weighted by Gasteiger charge is 2.33. The van der Waals surface area contributed by atoms with Gasteiger partial charge in [0.1, 0.15) is 4.90 Å². The Labute approximate surface area is 144 Å². The topological polar surface area (TPSA) is 40.6 Å². The van der Waals surface area contributed by atoms with Gasteiger partial charge in [0.2, 0.25) is 10.0 Å². The quantitative estimate of drug-likeness (QED) is 0.711. The normalized spacial score (nSPS) is 19.1. The van der Waals surface area contributed by atoms with Crippen LogP contribution in [0.5, 0.6) is 0 Å². The van der Waals surface area contributed by atoms with Gasteiger partial charge in [-0.1, -0.05) is 0 Å². The third-order valence-electron chi connectivity index (χ3n) is 3.64. The fourth-order valence-corrected chi connectivity index (χ4v) is 6.52. The summed E-state index contributed by atoms with van der Waals surface area (Å²) in [5, 5.41) is 0. The van der Waals surface area contributed by atoms with Gasteiger partial charge >= 0.3 is 0 Å². The Bertz CT molecular complexity index is 602. The highest BCUT2D eigenvalue weighted by atomic mass is 79.9. The van der Waals surface area contributed by atoms with Crippen LogP contribution in [0.25, 0.3) is 0 Å². The van der Waals surface area contributed by atoms with Gasteiger partial charge < -0.3 is 0 Å². The predicted octanol–water partition coefficient (Wildman–Crippen LogP) is 3.35. The Hall–Kier alpha value is 0.340. The van der Waals surface area contributed by atoms with Crippen molar-refractivity contribution in [3.8, 4) is 0 Å². The minimum atomic E-state index is -3.44. The van der Waals surface area contributed by atoms with Crippen LogP contribution in [0, 0.1) is 0 Å². The predicted molar refractivity (Wildman–Crippen MR) is 91.7 cm³/mol. The van der Waals surface area contributed by atoms with Gasteiger partial charge in [0.05, 0.1) is 9.67 Å². The molecule has 0 unspecified atom stereocenters. The van der Waals surface area contributed by atoms with E-state index in [0.717, 1.165) is 18.0 Å².